The van der Waals surface area contributed by atoms with Crippen molar-refractivity contribution in [2.24, 2.45) is 5.92 Å². The molecule has 2 N–H and O–H groups in total. The standard InChI is InChI=1S/C16H27N3O2/c1-16(2,3)14-9-12(17-18-14)10-19(4)15(21)11-6-5-7-13(20)8-11/h9,11,13,20H,5-8,10H2,1-4H3,(H,17,18)/t11-,13+/m0/s1. The molecule has 1 aromatic rings. The molecular weight excluding hydrogens is 266 g/mol. The summed E-state index contributed by atoms with van der Waals surface area (Å²) in [6.07, 6.45) is 2.92. The van der Waals surface area contributed by atoms with Crippen molar-refractivity contribution in [2.45, 2.75) is 64.5 Å². The summed E-state index contributed by atoms with van der Waals surface area (Å²) in [7, 11) is 1.82. The molecule has 2 rings (SSSR count). The first-order chi connectivity index (χ1) is 9.77. The van der Waals surface area contributed by atoms with Crippen LogP contribution in [-0.4, -0.2) is 39.3 Å². The van der Waals surface area contributed by atoms with Gasteiger partial charge in [0.05, 0.1) is 24.0 Å². The van der Waals surface area contributed by atoms with E-state index in [0.29, 0.717) is 13.0 Å². The van der Waals surface area contributed by atoms with Gasteiger partial charge in [-0.05, 0) is 25.3 Å². The SMILES string of the molecule is CN(Cc1cc(C(C)(C)C)n[nH]1)C(=O)[C@H]1CCC[C@@H](O)C1. The molecule has 1 fully saturated rings. The summed E-state index contributed by atoms with van der Waals surface area (Å²) in [6, 6.07) is 2.03. The van der Waals surface area contributed by atoms with Crippen LogP contribution in [0.4, 0.5) is 0 Å². The number of rotatable bonds is 3. The van der Waals surface area contributed by atoms with Gasteiger partial charge in [-0.3, -0.25) is 9.89 Å². The summed E-state index contributed by atoms with van der Waals surface area (Å²) in [6.45, 7) is 6.89. The maximum Gasteiger partial charge on any atom is 0.225 e. The predicted octanol–water partition coefficient (Wildman–Crippen LogP) is 2.22. The largest absolute Gasteiger partial charge is 0.393 e. The zero-order valence-corrected chi connectivity index (χ0v) is 13.5. The monoisotopic (exact) mass is 293 g/mol. The van der Waals surface area contributed by atoms with Crippen LogP contribution in [0.15, 0.2) is 6.07 Å². The van der Waals surface area contributed by atoms with Gasteiger partial charge in [0.25, 0.3) is 0 Å². The fourth-order valence-corrected chi connectivity index (χ4v) is 2.86. The number of hydrogen-bond acceptors (Lipinski definition) is 3. The van der Waals surface area contributed by atoms with Crippen LogP contribution < -0.4 is 0 Å². The first-order valence-electron chi connectivity index (χ1n) is 7.75. The lowest BCUT2D eigenvalue weighted by Crippen LogP contribution is -2.36. The smallest absolute Gasteiger partial charge is 0.225 e. The number of aliphatic hydroxyl groups excluding tert-OH is 1. The number of nitrogens with zero attached hydrogens (tertiary/aromatic N) is 2. The third-order valence-electron chi connectivity index (χ3n) is 4.18. The van der Waals surface area contributed by atoms with Crippen molar-refractivity contribution in [3.63, 3.8) is 0 Å². The van der Waals surface area contributed by atoms with E-state index in [0.717, 1.165) is 30.7 Å². The van der Waals surface area contributed by atoms with E-state index in [2.05, 4.69) is 31.0 Å². The minimum absolute atomic E-state index is 0.00477. The van der Waals surface area contributed by atoms with Crippen LogP contribution in [0.3, 0.4) is 0 Å². The van der Waals surface area contributed by atoms with Crippen molar-refractivity contribution < 1.29 is 9.90 Å². The first kappa shape index (κ1) is 16.0. The summed E-state index contributed by atoms with van der Waals surface area (Å²) >= 11 is 0. The molecule has 2 atom stereocenters. The molecule has 21 heavy (non-hydrogen) atoms. The van der Waals surface area contributed by atoms with Crippen LogP contribution in [0.1, 0.15) is 57.8 Å². The summed E-state index contributed by atoms with van der Waals surface area (Å²) < 4.78 is 0. The Hall–Kier alpha value is -1.36. The predicted molar refractivity (Wildman–Crippen MR) is 81.7 cm³/mol. The zero-order chi connectivity index (χ0) is 15.6. The quantitative estimate of drug-likeness (QED) is 0.898. The molecule has 1 aromatic heterocycles. The minimum atomic E-state index is -0.319. The van der Waals surface area contributed by atoms with E-state index in [-0.39, 0.29) is 23.3 Å². The number of aromatic nitrogens is 2. The number of amides is 1. The topological polar surface area (TPSA) is 69.2 Å². The van der Waals surface area contributed by atoms with E-state index in [4.69, 9.17) is 0 Å². The van der Waals surface area contributed by atoms with Crippen molar-refractivity contribution in [1.29, 1.82) is 0 Å². The highest BCUT2D eigenvalue weighted by atomic mass is 16.3. The van der Waals surface area contributed by atoms with Gasteiger partial charge in [0.2, 0.25) is 5.91 Å². The first-order valence-corrected chi connectivity index (χ1v) is 7.75. The third-order valence-corrected chi connectivity index (χ3v) is 4.18. The van der Waals surface area contributed by atoms with E-state index in [1.165, 1.54) is 0 Å². The molecule has 1 amide bonds. The van der Waals surface area contributed by atoms with Crippen LogP contribution >= 0.6 is 0 Å². The maximum atomic E-state index is 12.4. The maximum absolute atomic E-state index is 12.4. The fourth-order valence-electron chi connectivity index (χ4n) is 2.86. The fraction of sp³-hybridized carbons (Fsp3) is 0.750. The number of carbonyl (C=O) groups excluding carboxylic acids is 1. The van der Waals surface area contributed by atoms with Crippen LogP contribution in [0.2, 0.25) is 0 Å². The van der Waals surface area contributed by atoms with Gasteiger partial charge in [-0.2, -0.15) is 5.10 Å². The average molecular weight is 293 g/mol. The highest BCUT2D eigenvalue weighted by molar-refractivity contribution is 5.78. The molecule has 0 saturated heterocycles. The van der Waals surface area contributed by atoms with E-state index in [9.17, 15) is 9.90 Å². The molecule has 0 unspecified atom stereocenters. The second-order valence-corrected chi connectivity index (χ2v) is 7.24. The molecule has 118 valence electrons. The minimum Gasteiger partial charge on any atom is -0.393 e. The zero-order valence-electron chi connectivity index (χ0n) is 13.5. The van der Waals surface area contributed by atoms with E-state index in [1.54, 1.807) is 4.90 Å². The Morgan fingerprint density at radius 1 is 1.48 bits per heavy atom. The number of aliphatic hydroxyl groups is 1. The second-order valence-electron chi connectivity index (χ2n) is 7.24. The van der Waals surface area contributed by atoms with E-state index in [1.807, 2.05) is 13.1 Å². The molecule has 1 saturated carbocycles. The van der Waals surface area contributed by atoms with Gasteiger partial charge in [0, 0.05) is 18.4 Å². The summed E-state index contributed by atoms with van der Waals surface area (Å²) in [5.74, 6) is 0.0874. The molecular formula is C16H27N3O2. The van der Waals surface area contributed by atoms with Crippen LogP contribution in [0.25, 0.3) is 0 Å². The van der Waals surface area contributed by atoms with Gasteiger partial charge in [0.15, 0.2) is 0 Å². The van der Waals surface area contributed by atoms with Crippen LogP contribution in [-0.2, 0) is 16.8 Å². The summed E-state index contributed by atoms with van der Waals surface area (Å²) in [5.41, 5.74) is 1.96. The lowest BCUT2D eigenvalue weighted by Gasteiger charge is -2.28. The van der Waals surface area contributed by atoms with Gasteiger partial charge in [0.1, 0.15) is 0 Å². The number of hydrogen-bond donors (Lipinski definition) is 2. The molecule has 1 aliphatic rings. The Kier molecular flexibility index (Phi) is 4.71. The highest BCUT2D eigenvalue weighted by Gasteiger charge is 2.28. The second kappa shape index (κ2) is 6.18. The third kappa shape index (κ3) is 4.06. The lowest BCUT2D eigenvalue weighted by atomic mass is 9.86. The van der Waals surface area contributed by atoms with Gasteiger partial charge < -0.3 is 10.0 Å². The van der Waals surface area contributed by atoms with Crippen LogP contribution in [0.5, 0.6) is 0 Å². The lowest BCUT2D eigenvalue weighted by molar-refractivity contribution is -0.137. The number of H-pyrrole nitrogens is 1. The Morgan fingerprint density at radius 2 is 2.19 bits per heavy atom. The van der Waals surface area contributed by atoms with Gasteiger partial charge in [-0.1, -0.05) is 27.2 Å². The van der Waals surface area contributed by atoms with Crippen LogP contribution in [0, 0.1) is 5.92 Å². The summed E-state index contributed by atoms with van der Waals surface area (Å²) in [5, 5.41) is 17.0. The Bertz CT molecular complexity index is 490. The molecule has 0 bridgehead atoms. The molecule has 1 heterocycles. The Labute approximate surface area is 126 Å². The Morgan fingerprint density at radius 3 is 2.76 bits per heavy atom. The Balaban J connectivity index is 1.96. The van der Waals surface area contributed by atoms with E-state index >= 15 is 0 Å². The molecule has 0 aromatic carbocycles. The highest BCUT2D eigenvalue weighted by Crippen LogP contribution is 2.26. The molecule has 0 radical (unpaired) electrons. The molecule has 0 aliphatic heterocycles. The normalized spacial score (nSPS) is 23.1. The molecule has 1 aliphatic carbocycles. The van der Waals surface area contributed by atoms with Gasteiger partial charge in [-0.15, -0.1) is 0 Å². The summed E-state index contributed by atoms with van der Waals surface area (Å²) in [4.78, 5) is 14.2. The van der Waals surface area contributed by atoms with Crippen molar-refractivity contribution in [2.75, 3.05) is 7.05 Å². The van der Waals surface area contributed by atoms with Crippen molar-refractivity contribution in [3.8, 4) is 0 Å². The molecule has 5 nitrogen and oxygen atoms in total. The number of aromatic amines is 1. The van der Waals surface area contributed by atoms with Crippen molar-refractivity contribution in [3.05, 3.63) is 17.5 Å². The molecule has 5 heteroatoms. The van der Waals surface area contributed by atoms with Crippen molar-refractivity contribution >= 4 is 5.91 Å². The number of nitrogens with one attached hydrogen (secondary N) is 1. The van der Waals surface area contributed by atoms with Crippen molar-refractivity contribution in [1.82, 2.24) is 15.1 Å². The van der Waals surface area contributed by atoms with E-state index < -0.39 is 0 Å². The van der Waals surface area contributed by atoms with Gasteiger partial charge >= 0.3 is 0 Å². The number of carbonyl (C=O) groups is 1. The molecule has 0 spiro atoms. The van der Waals surface area contributed by atoms with Gasteiger partial charge in [-0.25, -0.2) is 0 Å². The average Bonchev–Trinajstić information content (AvgIpc) is 2.86.